The first-order valence-electron chi connectivity index (χ1n) is 6.22. The number of rotatable bonds is 4. The van der Waals surface area contributed by atoms with Crippen LogP contribution >= 0.6 is 0 Å². The Morgan fingerprint density at radius 3 is 2.68 bits per heavy atom. The van der Waals surface area contributed by atoms with E-state index in [1.165, 1.54) is 0 Å². The molecule has 1 saturated heterocycles. The van der Waals surface area contributed by atoms with Crippen LogP contribution < -0.4 is 9.47 Å². The van der Waals surface area contributed by atoms with Crippen molar-refractivity contribution >= 4 is 15.9 Å². The van der Waals surface area contributed by atoms with Crippen molar-refractivity contribution in [3.05, 3.63) is 29.8 Å². The highest BCUT2D eigenvalue weighted by atomic mass is 32.2. The summed E-state index contributed by atoms with van der Waals surface area (Å²) in [4.78, 5) is 0. The number of allylic oxidation sites excluding steroid dienone is 1. The van der Waals surface area contributed by atoms with Gasteiger partial charge in [-0.3, -0.25) is 0 Å². The standard InChI is InChI=1S/C14H18O4S/c1-3-4-11-5-6-13(14(9-11)17-2)18-12-7-8-19(15,16)10-12/h3-6,9,12H,7-8,10H2,1-2H3/b4-3+/t12-/m1/s1. The van der Waals surface area contributed by atoms with E-state index in [1.54, 1.807) is 7.11 Å². The molecular formula is C14H18O4S. The predicted molar refractivity (Wildman–Crippen MR) is 75.4 cm³/mol. The largest absolute Gasteiger partial charge is 0.493 e. The first-order chi connectivity index (χ1) is 9.04. The van der Waals surface area contributed by atoms with Gasteiger partial charge in [0.1, 0.15) is 6.10 Å². The molecule has 19 heavy (non-hydrogen) atoms. The number of benzene rings is 1. The summed E-state index contributed by atoms with van der Waals surface area (Å²) in [7, 11) is -1.35. The van der Waals surface area contributed by atoms with Gasteiger partial charge in [0, 0.05) is 0 Å². The lowest BCUT2D eigenvalue weighted by Crippen LogP contribution is -2.18. The van der Waals surface area contributed by atoms with Crippen molar-refractivity contribution in [1.29, 1.82) is 0 Å². The molecule has 0 bridgehead atoms. The van der Waals surface area contributed by atoms with E-state index in [0.717, 1.165) is 5.56 Å². The number of sulfone groups is 1. The van der Waals surface area contributed by atoms with E-state index in [4.69, 9.17) is 9.47 Å². The highest BCUT2D eigenvalue weighted by Gasteiger charge is 2.29. The fraction of sp³-hybridized carbons (Fsp3) is 0.429. The Bertz CT molecular complexity index is 575. The number of hydrogen-bond donors (Lipinski definition) is 0. The van der Waals surface area contributed by atoms with Crippen molar-refractivity contribution in [3.8, 4) is 11.5 Å². The molecule has 4 nitrogen and oxygen atoms in total. The molecule has 1 heterocycles. The van der Waals surface area contributed by atoms with Crippen LogP contribution in [-0.4, -0.2) is 33.1 Å². The summed E-state index contributed by atoms with van der Waals surface area (Å²) in [6.45, 7) is 1.94. The average Bonchev–Trinajstić information content (AvgIpc) is 2.71. The van der Waals surface area contributed by atoms with Gasteiger partial charge in [-0.2, -0.15) is 0 Å². The Morgan fingerprint density at radius 1 is 1.32 bits per heavy atom. The zero-order chi connectivity index (χ0) is 13.9. The van der Waals surface area contributed by atoms with Gasteiger partial charge in [-0.15, -0.1) is 0 Å². The molecule has 1 aliphatic rings. The van der Waals surface area contributed by atoms with Crippen LogP contribution in [0.2, 0.25) is 0 Å². The van der Waals surface area contributed by atoms with Gasteiger partial charge < -0.3 is 9.47 Å². The van der Waals surface area contributed by atoms with Gasteiger partial charge in [0.2, 0.25) is 0 Å². The second-order valence-electron chi connectivity index (χ2n) is 4.55. The van der Waals surface area contributed by atoms with Gasteiger partial charge in [0.05, 0.1) is 18.6 Å². The molecule has 0 unspecified atom stereocenters. The molecule has 1 aliphatic heterocycles. The summed E-state index contributed by atoms with van der Waals surface area (Å²) in [5.74, 6) is 1.52. The molecule has 1 aromatic rings. The predicted octanol–water partition coefficient (Wildman–Crippen LogP) is 2.29. The molecule has 0 aromatic heterocycles. The van der Waals surface area contributed by atoms with Crippen molar-refractivity contribution in [3.63, 3.8) is 0 Å². The van der Waals surface area contributed by atoms with Crippen molar-refractivity contribution in [2.75, 3.05) is 18.6 Å². The van der Waals surface area contributed by atoms with E-state index in [0.29, 0.717) is 17.9 Å². The first-order valence-corrected chi connectivity index (χ1v) is 8.04. The van der Waals surface area contributed by atoms with Crippen LogP contribution in [0.1, 0.15) is 18.9 Å². The molecule has 104 valence electrons. The Balaban J connectivity index is 2.16. The summed E-state index contributed by atoms with van der Waals surface area (Å²) >= 11 is 0. The van der Waals surface area contributed by atoms with Gasteiger partial charge in [-0.05, 0) is 31.0 Å². The van der Waals surface area contributed by atoms with Crippen LogP contribution in [-0.2, 0) is 9.84 Å². The monoisotopic (exact) mass is 282 g/mol. The van der Waals surface area contributed by atoms with E-state index < -0.39 is 9.84 Å². The van der Waals surface area contributed by atoms with E-state index in [9.17, 15) is 8.42 Å². The highest BCUT2D eigenvalue weighted by Crippen LogP contribution is 2.31. The van der Waals surface area contributed by atoms with Crippen molar-refractivity contribution in [2.24, 2.45) is 0 Å². The van der Waals surface area contributed by atoms with Gasteiger partial charge in [-0.25, -0.2) is 8.42 Å². The molecule has 0 radical (unpaired) electrons. The smallest absolute Gasteiger partial charge is 0.161 e. The molecule has 1 fully saturated rings. The molecule has 0 saturated carbocycles. The third kappa shape index (κ3) is 3.50. The van der Waals surface area contributed by atoms with E-state index in [2.05, 4.69) is 0 Å². The third-order valence-corrected chi connectivity index (χ3v) is 4.77. The first kappa shape index (κ1) is 13.9. The Kier molecular flexibility index (Phi) is 4.14. The zero-order valence-corrected chi connectivity index (χ0v) is 11.9. The minimum atomic E-state index is -2.93. The van der Waals surface area contributed by atoms with Gasteiger partial charge in [0.25, 0.3) is 0 Å². The lowest BCUT2D eigenvalue weighted by molar-refractivity contribution is 0.218. The van der Waals surface area contributed by atoms with Crippen LogP contribution in [0.25, 0.3) is 6.08 Å². The van der Waals surface area contributed by atoms with Gasteiger partial charge in [-0.1, -0.05) is 18.2 Å². The fourth-order valence-electron chi connectivity index (χ4n) is 2.11. The summed E-state index contributed by atoms with van der Waals surface area (Å²) in [5, 5.41) is 0. The highest BCUT2D eigenvalue weighted by molar-refractivity contribution is 7.91. The zero-order valence-electron chi connectivity index (χ0n) is 11.1. The summed E-state index contributed by atoms with van der Waals surface area (Å²) < 4.78 is 33.8. The Morgan fingerprint density at radius 2 is 2.11 bits per heavy atom. The Labute approximate surface area is 114 Å². The number of methoxy groups -OCH3 is 1. The van der Waals surface area contributed by atoms with Crippen molar-refractivity contribution in [2.45, 2.75) is 19.4 Å². The summed E-state index contributed by atoms with van der Waals surface area (Å²) in [6, 6.07) is 5.61. The molecule has 0 amide bonds. The fourth-order valence-corrected chi connectivity index (χ4v) is 3.70. The molecule has 0 spiro atoms. The van der Waals surface area contributed by atoms with Crippen molar-refractivity contribution < 1.29 is 17.9 Å². The number of hydrogen-bond acceptors (Lipinski definition) is 4. The molecule has 0 N–H and O–H groups in total. The van der Waals surface area contributed by atoms with Crippen LogP contribution in [0.3, 0.4) is 0 Å². The molecular weight excluding hydrogens is 264 g/mol. The van der Waals surface area contributed by atoms with E-state index in [-0.39, 0.29) is 17.6 Å². The molecule has 1 aromatic carbocycles. The summed E-state index contributed by atoms with van der Waals surface area (Å²) in [5.41, 5.74) is 1.02. The minimum absolute atomic E-state index is 0.0900. The topological polar surface area (TPSA) is 52.6 Å². The normalized spacial score (nSPS) is 21.7. The maximum Gasteiger partial charge on any atom is 0.161 e. The summed E-state index contributed by atoms with van der Waals surface area (Å²) in [6.07, 6.45) is 4.18. The maximum absolute atomic E-state index is 11.4. The van der Waals surface area contributed by atoms with Crippen molar-refractivity contribution in [1.82, 2.24) is 0 Å². The number of ether oxygens (including phenoxy) is 2. The molecule has 0 aliphatic carbocycles. The molecule has 2 rings (SSSR count). The van der Waals surface area contributed by atoms with Crippen LogP contribution in [0, 0.1) is 0 Å². The SMILES string of the molecule is C/C=C/c1ccc(O[C@@H]2CCS(=O)(=O)C2)c(OC)c1. The third-order valence-electron chi connectivity index (χ3n) is 3.03. The maximum atomic E-state index is 11.4. The van der Waals surface area contributed by atoms with Gasteiger partial charge >= 0.3 is 0 Å². The molecule has 1 atom stereocenters. The lowest BCUT2D eigenvalue weighted by Gasteiger charge is -2.15. The average molecular weight is 282 g/mol. The lowest BCUT2D eigenvalue weighted by atomic mass is 10.2. The van der Waals surface area contributed by atoms with E-state index >= 15 is 0 Å². The Hall–Kier alpha value is -1.49. The van der Waals surface area contributed by atoms with E-state index in [1.807, 2.05) is 37.3 Å². The molecule has 5 heteroatoms. The van der Waals surface area contributed by atoms with Crippen LogP contribution in [0.4, 0.5) is 0 Å². The quantitative estimate of drug-likeness (QED) is 0.850. The van der Waals surface area contributed by atoms with Crippen LogP contribution in [0.5, 0.6) is 11.5 Å². The van der Waals surface area contributed by atoms with Gasteiger partial charge in [0.15, 0.2) is 21.3 Å². The van der Waals surface area contributed by atoms with Crippen LogP contribution in [0.15, 0.2) is 24.3 Å². The minimum Gasteiger partial charge on any atom is -0.493 e. The second-order valence-corrected chi connectivity index (χ2v) is 6.78. The second kappa shape index (κ2) is 5.65.